The maximum Gasteiger partial charge on any atom is 0.243 e. The van der Waals surface area contributed by atoms with Gasteiger partial charge in [0.05, 0.1) is 31.0 Å². The average molecular weight is 499 g/mol. The van der Waals surface area contributed by atoms with Crippen LogP contribution in [0.15, 0.2) is 65.8 Å². The summed E-state index contributed by atoms with van der Waals surface area (Å²) in [6.45, 7) is 1.08. The summed E-state index contributed by atoms with van der Waals surface area (Å²) in [5.41, 5.74) is 2.02. The summed E-state index contributed by atoms with van der Waals surface area (Å²) in [7, 11) is -0.720. The summed E-state index contributed by atoms with van der Waals surface area (Å²) in [5.74, 6) is 0.578. The number of methoxy groups -OCH3 is 2. The van der Waals surface area contributed by atoms with Crippen molar-refractivity contribution >= 4 is 15.9 Å². The number of nitrogens with zero attached hydrogens (tertiary/aromatic N) is 3. The van der Waals surface area contributed by atoms with Crippen LogP contribution in [0.2, 0.25) is 0 Å². The second kappa shape index (κ2) is 10.9. The highest BCUT2D eigenvalue weighted by molar-refractivity contribution is 7.89. The van der Waals surface area contributed by atoms with E-state index in [-0.39, 0.29) is 16.7 Å². The molecule has 1 saturated heterocycles. The fraction of sp³-hybridized carbons (Fsp3) is 0.360. The lowest BCUT2D eigenvalue weighted by atomic mass is 9.97. The normalized spacial score (nSPS) is 15.0. The largest absolute Gasteiger partial charge is 0.493 e. The van der Waals surface area contributed by atoms with Crippen molar-refractivity contribution in [2.45, 2.75) is 24.2 Å². The molecule has 186 valence electrons. The van der Waals surface area contributed by atoms with Crippen LogP contribution in [0.5, 0.6) is 11.5 Å². The molecule has 0 radical (unpaired) electrons. The molecular formula is C25H30N4O5S. The van der Waals surface area contributed by atoms with Gasteiger partial charge in [-0.3, -0.25) is 4.79 Å². The van der Waals surface area contributed by atoms with Gasteiger partial charge in [-0.25, -0.2) is 13.1 Å². The van der Waals surface area contributed by atoms with Gasteiger partial charge in [0, 0.05) is 37.8 Å². The highest BCUT2D eigenvalue weighted by atomic mass is 32.2. The number of nitrogens with one attached hydrogen (secondary N) is 1. The number of amides is 1. The number of hydrogen-bond acceptors (Lipinski definition) is 6. The van der Waals surface area contributed by atoms with Gasteiger partial charge in [-0.05, 0) is 49.1 Å². The lowest BCUT2D eigenvalue weighted by Crippen LogP contribution is -2.43. The molecule has 0 spiro atoms. The maximum atomic E-state index is 13.1. The quantitative estimate of drug-likeness (QED) is 0.487. The van der Waals surface area contributed by atoms with Crippen molar-refractivity contribution in [3.8, 4) is 17.2 Å². The molecule has 0 aliphatic carbocycles. The molecule has 2 aromatic carbocycles. The molecule has 0 unspecified atom stereocenters. The number of carbonyl (C=O) groups is 1. The highest BCUT2D eigenvalue weighted by Gasteiger charge is 2.32. The fourth-order valence-corrected chi connectivity index (χ4v) is 5.66. The summed E-state index contributed by atoms with van der Waals surface area (Å²) in [6.07, 6.45) is 5.38. The molecular weight excluding hydrogens is 468 g/mol. The number of sulfonamides is 1. The van der Waals surface area contributed by atoms with Crippen molar-refractivity contribution < 1.29 is 22.7 Å². The molecule has 35 heavy (non-hydrogen) atoms. The molecule has 9 nitrogen and oxygen atoms in total. The van der Waals surface area contributed by atoms with Crippen LogP contribution in [-0.2, 0) is 21.2 Å². The third-order valence-corrected chi connectivity index (χ3v) is 8.08. The number of rotatable bonds is 9. The van der Waals surface area contributed by atoms with Crippen LogP contribution in [0.25, 0.3) is 5.69 Å². The van der Waals surface area contributed by atoms with Crippen molar-refractivity contribution in [1.29, 1.82) is 0 Å². The number of piperidine rings is 1. The van der Waals surface area contributed by atoms with Crippen molar-refractivity contribution in [2.75, 3.05) is 33.9 Å². The number of para-hydroxylation sites is 1. The van der Waals surface area contributed by atoms with Crippen molar-refractivity contribution in [2.24, 2.45) is 5.92 Å². The minimum absolute atomic E-state index is 0.0383. The standard InChI is InChI=1S/C25H30N4O5S/c1-33-23-9-8-22(16-24(23)34-2)35(31,32)28-14-11-20(12-15-28)25(30)26-13-10-19-17-27-29(18-19)21-6-4-3-5-7-21/h3-9,16-18,20H,10-15H2,1-2H3,(H,26,30). The van der Waals surface area contributed by atoms with Gasteiger partial charge in [0.2, 0.25) is 15.9 Å². The molecule has 1 fully saturated rings. The van der Waals surface area contributed by atoms with Gasteiger partial charge in [0.25, 0.3) is 0 Å². The monoisotopic (exact) mass is 498 g/mol. The Morgan fingerprint density at radius 1 is 1.06 bits per heavy atom. The van der Waals surface area contributed by atoms with E-state index in [4.69, 9.17) is 9.47 Å². The van der Waals surface area contributed by atoms with Crippen LogP contribution >= 0.6 is 0 Å². The zero-order chi connectivity index (χ0) is 24.8. The zero-order valence-corrected chi connectivity index (χ0v) is 20.7. The Balaban J connectivity index is 1.27. The number of hydrogen-bond donors (Lipinski definition) is 1. The number of carbonyl (C=O) groups excluding carboxylic acids is 1. The van der Waals surface area contributed by atoms with Crippen LogP contribution in [0.3, 0.4) is 0 Å². The van der Waals surface area contributed by atoms with E-state index in [9.17, 15) is 13.2 Å². The molecule has 1 aliphatic rings. The molecule has 1 aromatic heterocycles. The maximum absolute atomic E-state index is 13.1. The molecule has 3 aromatic rings. The SMILES string of the molecule is COc1ccc(S(=O)(=O)N2CCC(C(=O)NCCc3cnn(-c4ccccc4)c3)CC2)cc1OC. The second-order valence-electron chi connectivity index (χ2n) is 8.36. The van der Waals surface area contributed by atoms with Crippen LogP contribution in [0, 0.1) is 5.92 Å². The summed E-state index contributed by atoms with van der Waals surface area (Å²) in [6, 6.07) is 14.4. The van der Waals surface area contributed by atoms with E-state index < -0.39 is 10.0 Å². The molecule has 1 N–H and O–H groups in total. The topological polar surface area (TPSA) is 103 Å². The Kier molecular flexibility index (Phi) is 7.72. The first-order chi connectivity index (χ1) is 16.9. The van der Waals surface area contributed by atoms with Gasteiger partial charge >= 0.3 is 0 Å². The molecule has 0 atom stereocenters. The smallest absolute Gasteiger partial charge is 0.243 e. The first-order valence-electron chi connectivity index (χ1n) is 11.5. The molecule has 0 bridgehead atoms. The average Bonchev–Trinajstić information content (AvgIpc) is 3.37. The zero-order valence-electron chi connectivity index (χ0n) is 19.9. The highest BCUT2D eigenvalue weighted by Crippen LogP contribution is 2.32. The van der Waals surface area contributed by atoms with Crippen molar-refractivity contribution in [3.05, 3.63) is 66.5 Å². The predicted molar refractivity (Wildman–Crippen MR) is 131 cm³/mol. The minimum atomic E-state index is -3.69. The van der Waals surface area contributed by atoms with E-state index in [1.807, 2.05) is 41.2 Å². The van der Waals surface area contributed by atoms with E-state index in [1.54, 1.807) is 12.3 Å². The predicted octanol–water partition coefficient (Wildman–Crippen LogP) is 2.65. The minimum Gasteiger partial charge on any atom is -0.493 e. The van der Waals surface area contributed by atoms with E-state index >= 15 is 0 Å². The van der Waals surface area contributed by atoms with Gasteiger partial charge in [0.15, 0.2) is 11.5 Å². The Hall–Kier alpha value is -3.37. The van der Waals surface area contributed by atoms with Crippen LogP contribution in [-0.4, -0.2) is 62.3 Å². The van der Waals surface area contributed by atoms with E-state index in [1.165, 1.54) is 30.7 Å². The molecule has 1 amide bonds. The van der Waals surface area contributed by atoms with Gasteiger partial charge in [-0.2, -0.15) is 9.40 Å². The third-order valence-electron chi connectivity index (χ3n) is 6.19. The Morgan fingerprint density at radius 2 is 1.77 bits per heavy atom. The summed E-state index contributed by atoms with van der Waals surface area (Å²) in [5, 5.41) is 7.37. The lowest BCUT2D eigenvalue weighted by molar-refractivity contribution is -0.126. The molecule has 0 saturated carbocycles. The van der Waals surface area contributed by atoms with Crippen molar-refractivity contribution in [3.63, 3.8) is 0 Å². The van der Waals surface area contributed by atoms with Gasteiger partial charge in [-0.15, -0.1) is 0 Å². The second-order valence-corrected chi connectivity index (χ2v) is 10.3. The fourth-order valence-electron chi connectivity index (χ4n) is 4.17. The molecule has 2 heterocycles. The van der Waals surface area contributed by atoms with Crippen LogP contribution in [0.1, 0.15) is 18.4 Å². The van der Waals surface area contributed by atoms with Crippen LogP contribution < -0.4 is 14.8 Å². The summed E-state index contributed by atoms with van der Waals surface area (Å²) < 4.78 is 39.8. The summed E-state index contributed by atoms with van der Waals surface area (Å²) in [4.78, 5) is 12.8. The van der Waals surface area contributed by atoms with E-state index in [0.717, 1.165) is 11.3 Å². The first-order valence-corrected chi connectivity index (χ1v) is 12.9. The summed E-state index contributed by atoms with van der Waals surface area (Å²) >= 11 is 0. The number of benzene rings is 2. The Morgan fingerprint density at radius 3 is 2.46 bits per heavy atom. The molecule has 10 heteroatoms. The number of aromatic nitrogens is 2. The van der Waals surface area contributed by atoms with Gasteiger partial charge < -0.3 is 14.8 Å². The van der Waals surface area contributed by atoms with Crippen LogP contribution in [0.4, 0.5) is 0 Å². The molecule has 4 rings (SSSR count). The van der Waals surface area contributed by atoms with E-state index in [2.05, 4.69) is 10.4 Å². The van der Waals surface area contributed by atoms with Gasteiger partial charge in [0.1, 0.15) is 0 Å². The third kappa shape index (κ3) is 5.66. The van der Waals surface area contributed by atoms with Crippen molar-refractivity contribution in [1.82, 2.24) is 19.4 Å². The Labute approximate surface area is 205 Å². The lowest BCUT2D eigenvalue weighted by Gasteiger charge is -2.30. The molecule has 1 aliphatic heterocycles. The van der Waals surface area contributed by atoms with E-state index in [0.29, 0.717) is 50.4 Å². The van der Waals surface area contributed by atoms with Gasteiger partial charge in [-0.1, -0.05) is 18.2 Å². The first kappa shape index (κ1) is 24.7. The Bertz CT molecular complexity index is 1250. The number of ether oxygens (including phenoxy) is 2.